The lowest BCUT2D eigenvalue weighted by Gasteiger charge is -2.15. The molecular formula is C20H19N3O3. The standard InChI is InChI=1S/C20H19N3O3/c1-13(19(24)22-17-8-5-14-3-2-4-16(14)11-17)26-18-9-6-15(7-10-18)20-23-21-12-25-20/h5-13H,2-4H2,1H3,(H,22,24)/t13-/m0/s1. The molecule has 0 fully saturated rings. The van der Waals surface area contributed by atoms with E-state index in [0.717, 1.165) is 24.1 Å². The molecule has 1 atom stereocenters. The number of hydrogen-bond acceptors (Lipinski definition) is 5. The van der Waals surface area contributed by atoms with Gasteiger partial charge in [-0.25, -0.2) is 0 Å². The molecule has 1 aliphatic rings. The zero-order valence-electron chi connectivity index (χ0n) is 14.4. The first kappa shape index (κ1) is 16.3. The molecule has 4 rings (SSSR count). The minimum Gasteiger partial charge on any atom is -0.481 e. The number of amides is 1. The third-order valence-corrected chi connectivity index (χ3v) is 4.51. The molecule has 0 bridgehead atoms. The van der Waals surface area contributed by atoms with E-state index in [1.807, 2.05) is 18.2 Å². The highest BCUT2D eigenvalue weighted by atomic mass is 16.5. The smallest absolute Gasteiger partial charge is 0.265 e. The topological polar surface area (TPSA) is 77.2 Å². The molecule has 0 saturated carbocycles. The van der Waals surface area contributed by atoms with Gasteiger partial charge in [0.25, 0.3) is 5.91 Å². The Kier molecular flexibility index (Phi) is 4.39. The van der Waals surface area contributed by atoms with E-state index < -0.39 is 6.10 Å². The first-order valence-corrected chi connectivity index (χ1v) is 8.65. The van der Waals surface area contributed by atoms with Gasteiger partial charge >= 0.3 is 0 Å². The Hall–Kier alpha value is -3.15. The summed E-state index contributed by atoms with van der Waals surface area (Å²) in [4.78, 5) is 12.4. The molecule has 3 aromatic rings. The van der Waals surface area contributed by atoms with Crippen LogP contribution in [0.5, 0.6) is 5.75 Å². The highest BCUT2D eigenvalue weighted by Crippen LogP contribution is 2.25. The van der Waals surface area contributed by atoms with Gasteiger partial charge in [0.15, 0.2) is 6.10 Å². The lowest BCUT2D eigenvalue weighted by atomic mass is 10.1. The van der Waals surface area contributed by atoms with Crippen LogP contribution in [0, 0.1) is 0 Å². The molecule has 1 heterocycles. The number of nitrogens with one attached hydrogen (secondary N) is 1. The van der Waals surface area contributed by atoms with Crippen LogP contribution in [0.2, 0.25) is 0 Å². The van der Waals surface area contributed by atoms with Crippen LogP contribution in [0.4, 0.5) is 5.69 Å². The maximum atomic E-state index is 12.4. The molecule has 0 radical (unpaired) electrons. The number of carbonyl (C=O) groups excluding carboxylic acids is 1. The second kappa shape index (κ2) is 7.00. The zero-order valence-corrected chi connectivity index (χ0v) is 14.4. The molecule has 0 saturated heterocycles. The van der Waals surface area contributed by atoms with Crippen LogP contribution in [0.1, 0.15) is 24.5 Å². The van der Waals surface area contributed by atoms with Crippen molar-refractivity contribution in [1.29, 1.82) is 0 Å². The molecule has 1 aromatic heterocycles. The van der Waals surface area contributed by atoms with Gasteiger partial charge in [-0.15, -0.1) is 10.2 Å². The summed E-state index contributed by atoms with van der Waals surface area (Å²) in [5, 5.41) is 10.4. The van der Waals surface area contributed by atoms with E-state index in [2.05, 4.69) is 27.6 Å². The van der Waals surface area contributed by atoms with Crippen molar-refractivity contribution in [1.82, 2.24) is 10.2 Å². The molecule has 1 aliphatic carbocycles. The monoisotopic (exact) mass is 349 g/mol. The molecule has 0 spiro atoms. The highest BCUT2D eigenvalue weighted by Gasteiger charge is 2.17. The molecular weight excluding hydrogens is 330 g/mol. The minimum absolute atomic E-state index is 0.177. The average molecular weight is 349 g/mol. The molecule has 1 amide bonds. The predicted octanol–water partition coefficient (Wildman–Crippen LogP) is 3.63. The number of anilines is 1. The average Bonchev–Trinajstić information content (AvgIpc) is 3.33. The summed E-state index contributed by atoms with van der Waals surface area (Å²) in [6.45, 7) is 1.73. The van der Waals surface area contributed by atoms with Gasteiger partial charge in [0.2, 0.25) is 12.3 Å². The second-order valence-electron chi connectivity index (χ2n) is 6.35. The normalized spacial score (nSPS) is 13.9. The van der Waals surface area contributed by atoms with E-state index in [9.17, 15) is 4.79 Å². The fourth-order valence-electron chi connectivity index (χ4n) is 3.13. The van der Waals surface area contributed by atoms with Crippen molar-refractivity contribution >= 4 is 11.6 Å². The quantitative estimate of drug-likeness (QED) is 0.761. The van der Waals surface area contributed by atoms with E-state index >= 15 is 0 Å². The van der Waals surface area contributed by atoms with Gasteiger partial charge in [0.05, 0.1) is 0 Å². The number of carbonyl (C=O) groups is 1. The zero-order chi connectivity index (χ0) is 17.9. The lowest BCUT2D eigenvalue weighted by molar-refractivity contribution is -0.122. The van der Waals surface area contributed by atoms with Crippen molar-refractivity contribution in [3.63, 3.8) is 0 Å². The Morgan fingerprint density at radius 3 is 2.73 bits per heavy atom. The fraction of sp³-hybridized carbons (Fsp3) is 0.250. The molecule has 0 unspecified atom stereocenters. The Labute approximate surface area is 151 Å². The number of hydrogen-bond donors (Lipinski definition) is 1. The predicted molar refractivity (Wildman–Crippen MR) is 96.9 cm³/mol. The summed E-state index contributed by atoms with van der Waals surface area (Å²) < 4.78 is 10.9. The largest absolute Gasteiger partial charge is 0.481 e. The van der Waals surface area contributed by atoms with Crippen LogP contribution in [-0.4, -0.2) is 22.2 Å². The van der Waals surface area contributed by atoms with Gasteiger partial charge in [-0.1, -0.05) is 6.07 Å². The first-order valence-electron chi connectivity index (χ1n) is 8.65. The van der Waals surface area contributed by atoms with Crippen LogP contribution in [0.25, 0.3) is 11.5 Å². The third kappa shape index (κ3) is 3.44. The van der Waals surface area contributed by atoms with Crippen molar-refractivity contribution < 1.29 is 13.9 Å². The van der Waals surface area contributed by atoms with Crippen molar-refractivity contribution in [3.05, 3.63) is 60.0 Å². The summed E-state index contributed by atoms with van der Waals surface area (Å²) in [5.74, 6) is 0.868. The van der Waals surface area contributed by atoms with Crippen molar-refractivity contribution in [2.75, 3.05) is 5.32 Å². The number of ether oxygens (including phenoxy) is 1. The summed E-state index contributed by atoms with van der Waals surface area (Å²) in [5.41, 5.74) is 4.32. The van der Waals surface area contributed by atoms with Crippen LogP contribution in [0.3, 0.4) is 0 Å². The molecule has 6 heteroatoms. The molecule has 132 valence electrons. The van der Waals surface area contributed by atoms with E-state index in [0.29, 0.717) is 11.6 Å². The van der Waals surface area contributed by atoms with Crippen LogP contribution in [-0.2, 0) is 17.6 Å². The van der Waals surface area contributed by atoms with E-state index in [1.54, 1.807) is 19.1 Å². The van der Waals surface area contributed by atoms with Gasteiger partial charge in [-0.3, -0.25) is 4.79 Å². The maximum absolute atomic E-state index is 12.4. The van der Waals surface area contributed by atoms with Gasteiger partial charge < -0.3 is 14.5 Å². The Balaban J connectivity index is 1.38. The molecule has 0 aliphatic heterocycles. The highest BCUT2D eigenvalue weighted by molar-refractivity contribution is 5.94. The van der Waals surface area contributed by atoms with Gasteiger partial charge in [0, 0.05) is 11.3 Å². The molecule has 26 heavy (non-hydrogen) atoms. The maximum Gasteiger partial charge on any atom is 0.265 e. The third-order valence-electron chi connectivity index (χ3n) is 4.51. The SMILES string of the molecule is C[C@H](Oc1ccc(-c2nnco2)cc1)C(=O)Nc1ccc2c(c1)CCC2. The minimum atomic E-state index is -0.613. The molecule has 6 nitrogen and oxygen atoms in total. The number of nitrogens with zero attached hydrogens (tertiary/aromatic N) is 2. The van der Waals surface area contributed by atoms with E-state index in [1.165, 1.54) is 23.9 Å². The fourth-order valence-corrected chi connectivity index (χ4v) is 3.13. The molecule has 1 N–H and O–H groups in total. The number of benzene rings is 2. The van der Waals surface area contributed by atoms with Crippen LogP contribution >= 0.6 is 0 Å². The summed E-state index contributed by atoms with van der Waals surface area (Å²) in [6, 6.07) is 13.3. The van der Waals surface area contributed by atoms with Crippen molar-refractivity contribution in [2.24, 2.45) is 0 Å². The Morgan fingerprint density at radius 2 is 1.96 bits per heavy atom. The van der Waals surface area contributed by atoms with Crippen molar-refractivity contribution in [3.8, 4) is 17.2 Å². The van der Waals surface area contributed by atoms with E-state index in [4.69, 9.17) is 9.15 Å². The van der Waals surface area contributed by atoms with Gasteiger partial charge in [-0.2, -0.15) is 0 Å². The van der Waals surface area contributed by atoms with Gasteiger partial charge in [-0.05, 0) is 73.7 Å². The Morgan fingerprint density at radius 1 is 1.15 bits per heavy atom. The summed E-state index contributed by atoms with van der Waals surface area (Å²) in [7, 11) is 0. The second-order valence-corrected chi connectivity index (χ2v) is 6.35. The number of fused-ring (bicyclic) bond motifs is 1. The van der Waals surface area contributed by atoms with E-state index in [-0.39, 0.29) is 5.91 Å². The van der Waals surface area contributed by atoms with Crippen LogP contribution in [0.15, 0.2) is 53.3 Å². The summed E-state index contributed by atoms with van der Waals surface area (Å²) in [6.07, 6.45) is 4.06. The lowest BCUT2D eigenvalue weighted by Crippen LogP contribution is -2.30. The Bertz CT molecular complexity index is 905. The number of aromatic nitrogens is 2. The number of rotatable bonds is 5. The van der Waals surface area contributed by atoms with Gasteiger partial charge in [0.1, 0.15) is 5.75 Å². The van der Waals surface area contributed by atoms with Crippen molar-refractivity contribution in [2.45, 2.75) is 32.3 Å². The number of aryl methyl sites for hydroxylation is 2. The summed E-state index contributed by atoms with van der Waals surface area (Å²) >= 11 is 0. The van der Waals surface area contributed by atoms with Crippen LogP contribution < -0.4 is 10.1 Å². The molecule has 2 aromatic carbocycles. The first-order chi connectivity index (χ1) is 12.7.